The van der Waals surface area contributed by atoms with E-state index in [0.29, 0.717) is 34.5 Å². The van der Waals surface area contributed by atoms with E-state index in [1.165, 1.54) is 15.9 Å². The number of hydrogen-bond acceptors (Lipinski definition) is 8. The molecule has 1 aliphatic heterocycles. The van der Waals surface area contributed by atoms with Gasteiger partial charge in [0.25, 0.3) is 5.91 Å². The molecular weight excluding hydrogens is 499 g/mol. The van der Waals surface area contributed by atoms with Crippen molar-refractivity contribution in [2.24, 2.45) is 7.05 Å². The van der Waals surface area contributed by atoms with Crippen molar-refractivity contribution in [3.05, 3.63) is 58.3 Å². The number of benzene rings is 2. The van der Waals surface area contributed by atoms with Crippen LogP contribution in [-0.2, 0) is 27.7 Å². The number of amides is 1. The highest BCUT2D eigenvalue weighted by atomic mass is 32.1. The van der Waals surface area contributed by atoms with E-state index >= 15 is 4.39 Å². The van der Waals surface area contributed by atoms with Gasteiger partial charge >= 0.3 is 5.76 Å². The van der Waals surface area contributed by atoms with Crippen LogP contribution in [0.1, 0.15) is 5.56 Å². The molecule has 1 aliphatic rings. The molecule has 9 nitrogen and oxygen atoms in total. The Morgan fingerprint density at radius 3 is 2.97 bits per heavy atom. The summed E-state index contributed by atoms with van der Waals surface area (Å²) in [6.45, 7) is 1.11. The average Bonchev–Trinajstić information content (AvgIpc) is 3.35. The Morgan fingerprint density at radius 2 is 2.19 bits per heavy atom. The summed E-state index contributed by atoms with van der Waals surface area (Å²) in [5.74, 6) is -1.30. The van der Waals surface area contributed by atoms with E-state index in [4.69, 9.17) is 13.9 Å². The number of methoxy groups -OCH3 is 1. The lowest BCUT2D eigenvalue weighted by molar-refractivity contribution is -0.133. The number of ether oxygens (including phenoxy) is 2. The van der Waals surface area contributed by atoms with E-state index < -0.39 is 29.6 Å². The van der Waals surface area contributed by atoms with E-state index in [1.807, 2.05) is 18.2 Å². The summed E-state index contributed by atoms with van der Waals surface area (Å²) >= 11 is 1.28. The first-order valence-electron chi connectivity index (χ1n) is 11.7. The lowest BCUT2D eigenvalue weighted by atomic mass is 10.0. The van der Waals surface area contributed by atoms with E-state index in [1.54, 1.807) is 32.4 Å². The van der Waals surface area contributed by atoms with Crippen LogP contribution < -0.4 is 16.4 Å². The first kappa shape index (κ1) is 25.1. The fourth-order valence-corrected chi connectivity index (χ4v) is 5.46. The maximum Gasteiger partial charge on any atom is 0.419 e. The second-order valence-corrected chi connectivity index (χ2v) is 9.96. The predicted octanol–water partition coefficient (Wildman–Crippen LogP) is 2.71. The third kappa shape index (κ3) is 5.01. The second kappa shape index (κ2) is 10.4. The Bertz CT molecular complexity index is 1570. The third-order valence-electron chi connectivity index (χ3n) is 6.49. The van der Waals surface area contributed by atoms with Gasteiger partial charge in [0.2, 0.25) is 0 Å². The number of oxazole rings is 1. The average molecular weight is 525 g/mol. The van der Waals surface area contributed by atoms with Crippen LogP contribution >= 0.6 is 11.3 Å². The van der Waals surface area contributed by atoms with Crippen molar-refractivity contribution in [2.75, 3.05) is 26.8 Å². The van der Waals surface area contributed by atoms with Crippen LogP contribution in [0.15, 0.2) is 45.6 Å². The maximum atomic E-state index is 15.5. The number of nitrogens with zero attached hydrogens (tertiary/aromatic N) is 2. The number of nitriles is 1. The standard InChI is InChI=1S/C26H25FN4O5S/c1-31-19-8-14(5-6-20(19)36-26(31)33)22-9-16-4-3-15(23(27)24(16)37-22)7-17(10-28)30-25(32)21-12-29-11-18(34-2)13-35-21/h3-6,8-9,17-18,21,29H,7,11-13H2,1-2H3,(H,30,32)/t17-,18?,21+/m1/s1. The summed E-state index contributed by atoms with van der Waals surface area (Å²) in [5, 5.41) is 16.1. The molecule has 0 bridgehead atoms. The number of thiophene rings is 1. The molecule has 1 saturated heterocycles. The number of halogens is 1. The SMILES string of the molecule is COC1CNC[C@@H](C(=O)N[C@@H](C#N)Cc2ccc3cc(-c4ccc5oc(=O)n(C)c5c4)sc3c2F)OC1. The number of nitrogens with one attached hydrogen (secondary N) is 2. The lowest BCUT2D eigenvalue weighted by Crippen LogP contribution is -2.46. The van der Waals surface area contributed by atoms with Crippen LogP contribution in [0.2, 0.25) is 0 Å². The topological polar surface area (TPSA) is 119 Å². The van der Waals surface area contributed by atoms with Crippen molar-refractivity contribution in [3.8, 4) is 16.5 Å². The van der Waals surface area contributed by atoms with Gasteiger partial charge in [0.05, 0.1) is 29.0 Å². The first-order valence-corrected chi connectivity index (χ1v) is 12.6. The summed E-state index contributed by atoms with van der Waals surface area (Å²) in [5.41, 5.74) is 2.30. The fraction of sp³-hybridized carbons (Fsp3) is 0.346. The normalized spacial score (nSPS) is 19.0. The molecule has 1 unspecified atom stereocenters. The number of carbonyl (C=O) groups is 1. The van der Waals surface area contributed by atoms with Gasteiger partial charge in [0.1, 0.15) is 18.0 Å². The molecule has 1 amide bonds. The highest BCUT2D eigenvalue weighted by Gasteiger charge is 2.27. The molecule has 4 aromatic rings. The summed E-state index contributed by atoms with van der Waals surface area (Å²) in [7, 11) is 3.21. The highest BCUT2D eigenvalue weighted by molar-refractivity contribution is 7.22. The van der Waals surface area contributed by atoms with Crippen molar-refractivity contribution in [1.29, 1.82) is 5.26 Å². The number of carbonyl (C=O) groups excluding carboxylic acids is 1. The van der Waals surface area contributed by atoms with Crippen LogP contribution in [0.3, 0.4) is 0 Å². The van der Waals surface area contributed by atoms with Gasteiger partial charge in [-0.05, 0) is 40.8 Å². The van der Waals surface area contributed by atoms with Gasteiger partial charge in [0.15, 0.2) is 5.58 Å². The van der Waals surface area contributed by atoms with Crippen LogP contribution in [0.25, 0.3) is 31.6 Å². The monoisotopic (exact) mass is 524 g/mol. The molecule has 3 atom stereocenters. The fourth-order valence-electron chi connectivity index (χ4n) is 4.34. The Hall–Kier alpha value is -3.56. The molecule has 2 N–H and O–H groups in total. The summed E-state index contributed by atoms with van der Waals surface area (Å²) < 4.78 is 33.5. The number of aryl methyl sites for hydroxylation is 1. The minimum atomic E-state index is -0.922. The molecule has 1 fully saturated rings. The Labute approximate surface area is 215 Å². The zero-order chi connectivity index (χ0) is 26.1. The van der Waals surface area contributed by atoms with Crippen molar-refractivity contribution in [1.82, 2.24) is 15.2 Å². The number of aromatic nitrogens is 1. The molecule has 37 heavy (non-hydrogen) atoms. The van der Waals surface area contributed by atoms with Gasteiger partial charge in [0, 0.05) is 38.5 Å². The van der Waals surface area contributed by atoms with Crippen LogP contribution in [0.4, 0.5) is 4.39 Å². The maximum absolute atomic E-state index is 15.5. The van der Waals surface area contributed by atoms with E-state index in [0.717, 1.165) is 15.8 Å². The van der Waals surface area contributed by atoms with Crippen molar-refractivity contribution in [3.63, 3.8) is 0 Å². The molecule has 11 heteroatoms. The zero-order valence-corrected chi connectivity index (χ0v) is 21.1. The molecule has 0 radical (unpaired) electrons. The first-order chi connectivity index (χ1) is 17.9. The minimum absolute atomic E-state index is 0.0151. The van der Waals surface area contributed by atoms with Crippen LogP contribution in [0, 0.1) is 17.1 Å². The number of rotatable bonds is 6. The molecule has 0 aliphatic carbocycles. The van der Waals surface area contributed by atoms with Crippen molar-refractivity contribution >= 4 is 38.4 Å². The van der Waals surface area contributed by atoms with Gasteiger partial charge in [-0.1, -0.05) is 12.1 Å². The molecule has 2 aromatic heterocycles. The van der Waals surface area contributed by atoms with Gasteiger partial charge < -0.3 is 24.5 Å². The van der Waals surface area contributed by atoms with E-state index in [2.05, 4.69) is 16.7 Å². The largest absolute Gasteiger partial charge is 0.419 e. The van der Waals surface area contributed by atoms with Gasteiger partial charge in [-0.2, -0.15) is 5.26 Å². The van der Waals surface area contributed by atoms with E-state index in [-0.39, 0.29) is 19.1 Å². The number of fused-ring (bicyclic) bond motifs is 2. The summed E-state index contributed by atoms with van der Waals surface area (Å²) in [6.07, 6.45) is -0.911. The number of hydrogen-bond donors (Lipinski definition) is 2. The van der Waals surface area contributed by atoms with Gasteiger partial charge in [-0.15, -0.1) is 11.3 Å². The second-order valence-electron chi connectivity index (χ2n) is 8.91. The molecule has 2 aromatic carbocycles. The molecule has 192 valence electrons. The minimum Gasteiger partial charge on any atom is -0.408 e. The smallest absolute Gasteiger partial charge is 0.408 e. The summed E-state index contributed by atoms with van der Waals surface area (Å²) in [6, 6.07) is 11.9. The van der Waals surface area contributed by atoms with Gasteiger partial charge in [-0.3, -0.25) is 9.36 Å². The van der Waals surface area contributed by atoms with Crippen molar-refractivity contribution in [2.45, 2.75) is 24.7 Å². The molecular formula is C26H25FN4O5S. The quantitative estimate of drug-likeness (QED) is 0.398. The molecule has 0 spiro atoms. The molecule has 0 saturated carbocycles. The predicted molar refractivity (Wildman–Crippen MR) is 137 cm³/mol. The van der Waals surface area contributed by atoms with Crippen LogP contribution in [0.5, 0.6) is 0 Å². The van der Waals surface area contributed by atoms with Gasteiger partial charge in [-0.25, -0.2) is 9.18 Å². The van der Waals surface area contributed by atoms with Crippen LogP contribution in [-0.4, -0.2) is 55.5 Å². The molecule has 5 rings (SSSR count). The molecule has 3 heterocycles. The highest BCUT2D eigenvalue weighted by Crippen LogP contribution is 2.37. The van der Waals surface area contributed by atoms with Crippen molar-refractivity contribution < 1.29 is 23.1 Å². The zero-order valence-electron chi connectivity index (χ0n) is 20.2. The lowest BCUT2D eigenvalue weighted by Gasteiger charge is -2.18. The summed E-state index contributed by atoms with van der Waals surface area (Å²) in [4.78, 5) is 25.3. The Kier molecular flexibility index (Phi) is 7.08. The Morgan fingerprint density at radius 1 is 1.35 bits per heavy atom. The Balaban J connectivity index is 1.34. The van der Waals surface area contributed by atoms with E-state index in [9.17, 15) is 14.9 Å². The third-order valence-corrected chi connectivity index (χ3v) is 7.68.